The van der Waals surface area contributed by atoms with Crippen LogP contribution in [0, 0.1) is 5.41 Å². The maximum Gasteiger partial charge on any atom is 0.272 e. The van der Waals surface area contributed by atoms with Crippen molar-refractivity contribution in [1.82, 2.24) is 0 Å². The van der Waals surface area contributed by atoms with E-state index in [-0.39, 0.29) is 6.04 Å². The van der Waals surface area contributed by atoms with Gasteiger partial charge in [0, 0.05) is 6.04 Å². The Morgan fingerprint density at radius 1 is 1.60 bits per heavy atom. The molecule has 0 aliphatic heterocycles. The summed E-state index contributed by atoms with van der Waals surface area (Å²) in [5.41, 5.74) is 6.11. The second kappa shape index (κ2) is 7.05. The van der Waals surface area contributed by atoms with E-state index in [1.807, 2.05) is 0 Å². The van der Waals surface area contributed by atoms with Crippen LogP contribution >= 0.6 is 0 Å². The fourth-order valence-corrected chi connectivity index (χ4v) is 0.778. The van der Waals surface area contributed by atoms with Crippen LogP contribution in [0.2, 0.25) is 0 Å². The summed E-state index contributed by atoms with van der Waals surface area (Å²) in [5.74, 6) is -0.407. The van der Waals surface area contributed by atoms with Crippen LogP contribution in [0.1, 0.15) is 13.8 Å². The summed E-state index contributed by atoms with van der Waals surface area (Å²) in [6.45, 7) is 2.68. The molecule has 0 saturated carbocycles. The quantitative estimate of drug-likeness (QED) is 0.544. The summed E-state index contributed by atoms with van der Waals surface area (Å²) < 4.78 is 27.8. The minimum atomic E-state index is -2.59. The van der Waals surface area contributed by atoms with E-state index in [4.69, 9.17) is 11.1 Å². The van der Waals surface area contributed by atoms with Crippen molar-refractivity contribution < 1.29 is 13.5 Å². The van der Waals surface area contributed by atoms with E-state index in [2.05, 4.69) is 9.73 Å². The van der Waals surface area contributed by atoms with Crippen molar-refractivity contribution in [2.45, 2.75) is 26.3 Å². The maximum atomic E-state index is 11.7. The van der Waals surface area contributed by atoms with Crippen molar-refractivity contribution >= 4 is 12.1 Å². The summed E-state index contributed by atoms with van der Waals surface area (Å²) in [6.07, 6.45) is 0.149. The van der Waals surface area contributed by atoms with E-state index in [9.17, 15) is 8.78 Å². The van der Waals surface area contributed by atoms with Crippen LogP contribution in [0.3, 0.4) is 0 Å². The topological polar surface area (TPSA) is 71.5 Å². The van der Waals surface area contributed by atoms with Crippen LogP contribution in [-0.4, -0.2) is 31.2 Å². The van der Waals surface area contributed by atoms with Crippen molar-refractivity contribution in [3.63, 3.8) is 0 Å². The normalized spacial score (nSPS) is 14.7. The smallest absolute Gasteiger partial charge is 0.272 e. The molecule has 3 N–H and O–H groups in total. The highest BCUT2D eigenvalue weighted by Crippen LogP contribution is 2.00. The average molecular weight is 219 g/mol. The van der Waals surface area contributed by atoms with Gasteiger partial charge in [-0.25, -0.2) is 8.78 Å². The first-order valence-electron chi connectivity index (χ1n) is 4.42. The number of ether oxygens (including phenoxy) is 1. The van der Waals surface area contributed by atoms with E-state index in [0.29, 0.717) is 5.70 Å². The van der Waals surface area contributed by atoms with Gasteiger partial charge >= 0.3 is 0 Å². The van der Waals surface area contributed by atoms with Crippen LogP contribution in [0.25, 0.3) is 0 Å². The molecule has 0 aliphatic rings. The van der Waals surface area contributed by atoms with E-state index in [0.717, 1.165) is 6.21 Å². The molecule has 0 aliphatic carbocycles. The third-order valence-electron chi connectivity index (χ3n) is 1.46. The molecule has 15 heavy (non-hydrogen) atoms. The lowest BCUT2D eigenvalue weighted by atomic mass is 10.2. The molecule has 0 fully saturated rings. The molecule has 6 heteroatoms. The van der Waals surface area contributed by atoms with Crippen LogP contribution in [0.15, 0.2) is 16.8 Å². The third kappa shape index (κ3) is 6.73. The molecule has 0 aromatic rings. The zero-order chi connectivity index (χ0) is 11.8. The molecule has 0 aromatic heterocycles. The van der Waals surface area contributed by atoms with Crippen molar-refractivity contribution in [3.05, 3.63) is 11.8 Å². The van der Waals surface area contributed by atoms with Gasteiger partial charge in [0.05, 0.1) is 11.9 Å². The van der Waals surface area contributed by atoms with E-state index >= 15 is 0 Å². The molecule has 0 spiro atoms. The van der Waals surface area contributed by atoms with Crippen molar-refractivity contribution in [2.75, 3.05) is 6.61 Å². The second-order valence-electron chi connectivity index (χ2n) is 2.83. The van der Waals surface area contributed by atoms with Crippen LogP contribution in [-0.2, 0) is 4.74 Å². The summed E-state index contributed by atoms with van der Waals surface area (Å²) in [7, 11) is 0. The third-order valence-corrected chi connectivity index (χ3v) is 1.46. The van der Waals surface area contributed by atoms with Crippen LogP contribution in [0.5, 0.6) is 0 Å². The molecule has 4 nitrogen and oxygen atoms in total. The molecule has 86 valence electrons. The number of nitrogens with one attached hydrogen (secondary N) is 1. The zero-order valence-corrected chi connectivity index (χ0v) is 8.71. The van der Waals surface area contributed by atoms with Crippen LogP contribution < -0.4 is 5.73 Å². The van der Waals surface area contributed by atoms with Gasteiger partial charge in [-0.2, -0.15) is 0 Å². The number of halogens is 2. The average Bonchev–Trinajstić information content (AvgIpc) is 2.15. The number of aliphatic imine (C=N–C) groups is 1. The summed E-state index contributed by atoms with van der Waals surface area (Å²) in [4.78, 5) is 3.84. The number of nitrogens with zero attached hydrogens (tertiary/aromatic N) is 1. The first-order valence-corrected chi connectivity index (χ1v) is 4.42. The van der Waals surface area contributed by atoms with Gasteiger partial charge in [0.15, 0.2) is 6.61 Å². The molecule has 0 heterocycles. The standard InChI is InChI=1S/C9H15F2N3O/c1-3-7(6(2)12)14-4-9(13)15-5-8(10)11/h3-4,6,8,13H,5,12H2,1-2H3. The molecule has 0 amide bonds. The molecule has 0 aromatic carbocycles. The second-order valence-corrected chi connectivity index (χ2v) is 2.83. The number of rotatable bonds is 5. The Kier molecular flexibility index (Phi) is 6.44. The molecular formula is C9H15F2N3O. The van der Waals surface area contributed by atoms with Gasteiger partial charge in [0.2, 0.25) is 5.90 Å². The van der Waals surface area contributed by atoms with Crippen LogP contribution in [0.4, 0.5) is 8.78 Å². The van der Waals surface area contributed by atoms with Gasteiger partial charge in [-0.1, -0.05) is 6.08 Å². The fraction of sp³-hybridized carbons (Fsp3) is 0.556. The Hall–Kier alpha value is -1.30. The number of alkyl halides is 2. The van der Waals surface area contributed by atoms with Gasteiger partial charge in [-0.15, -0.1) is 0 Å². The monoisotopic (exact) mass is 219 g/mol. The number of hydrogen-bond acceptors (Lipinski definition) is 4. The minimum absolute atomic E-state index is 0.269. The van der Waals surface area contributed by atoms with Gasteiger partial charge in [-0.05, 0) is 13.8 Å². The first kappa shape index (κ1) is 13.7. The van der Waals surface area contributed by atoms with E-state index < -0.39 is 18.9 Å². The lowest BCUT2D eigenvalue weighted by Gasteiger charge is -2.05. The molecule has 1 unspecified atom stereocenters. The Morgan fingerprint density at radius 2 is 2.20 bits per heavy atom. The number of hydrogen-bond donors (Lipinski definition) is 2. The highest BCUT2D eigenvalue weighted by molar-refractivity contribution is 6.25. The summed E-state index contributed by atoms with van der Waals surface area (Å²) >= 11 is 0. The zero-order valence-electron chi connectivity index (χ0n) is 8.71. The Balaban J connectivity index is 4.10. The highest BCUT2D eigenvalue weighted by atomic mass is 19.3. The van der Waals surface area contributed by atoms with E-state index in [1.165, 1.54) is 0 Å². The number of allylic oxidation sites excluding steroid dienone is 1. The predicted molar refractivity (Wildman–Crippen MR) is 55.6 cm³/mol. The first-order chi connectivity index (χ1) is 6.97. The minimum Gasteiger partial charge on any atom is -0.471 e. The lowest BCUT2D eigenvalue weighted by Crippen LogP contribution is -2.18. The van der Waals surface area contributed by atoms with Crippen molar-refractivity contribution in [1.29, 1.82) is 5.41 Å². The largest absolute Gasteiger partial charge is 0.471 e. The number of nitrogens with two attached hydrogens (primary N) is 1. The Labute approximate surface area is 87.3 Å². The van der Waals surface area contributed by atoms with Gasteiger partial charge in [0.1, 0.15) is 0 Å². The van der Waals surface area contributed by atoms with Gasteiger partial charge in [0.25, 0.3) is 6.43 Å². The Morgan fingerprint density at radius 3 is 2.60 bits per heavy atom. The van der Waals surface area contributed by atoms with E-state index in [1.54, 1.807) is 19.9 Å². The molecule has 0 rings (SSSR count). The summed E-state index contributed by atoms with van der Waals surface area (Å²) in [5, 5.41) is 7.12. The van der Waals surface area contributed by atoms with Crippen molar-refractivity contribution in [2.24, 2.45) is 10.7 Å². The SMILES string of the molecule is CC=C(N=CC(=N)OCC(F)F)C(C)N. The summed E-state index contributed by atoms with van der Waals surface area (Å²) in [6, 6.07) is -0.269. The molecule has 0 radical (unpaired) electrons. The Bertz CT molecular complexity index is 262. The van der Waals surface area contributed by atoms with Gasteiger partial charge < -0.3 is 10.5 Å². The molecule has 0 saturated heterocycles. The fourth-order valence-electron chi connectivity index (χ4n) is 0.778. The maximum absolute atomic E-state index is 11.7. The molecular weight excluding hydrogens is 204 g/mol. The lowest BCUT2D eigenvalue weighted by molar-refractivity contribution is 0.0774. The molecule has 1 atom stereocenters. The predicted octanol–water partition coefficient (Wildman–Crippen LogP) is 1.57. The van der Waals surface area contributed by atoms with Gasteiger partial charge in [-0.3, -0.25) is 10.4 Å². The highest BCUT2D eigenvalue weighted by Gasteiger charge is 2.04. The molecule has 0 bridgehead atoms. The van der Waals surface area contributed by atoms with Crippen molar-refractivity contribution in [3.8, 4) is 0 Å².